The fourth-order valence-corrected chi connectivity index (χ4v) is 8.27. The molecule has 0 radical (unpaired) electrons. The van der Waals surface area contributed by atoms with Crippen LogP contribution >= 0.6 is 0 Å². The third-order valence-corrected chi connectivity index (χ3v) is 11.7. The number of nitrogens with zero attached hydrogens (tertiary/aromatic N) is 2. The lowest BCUT2D eigenvalue weighted by Crippen LogP contribution is -2.64. The molecule has 16 nitrogen and oxygen atoms in total. The fourth-order valence-electron chi connectivity index (χ4n) is 8.27. The minimum Gasteiger partial charge on any atom is -0.443 e. The summed E-state index contributed by atoms with van der Waals surface area (Å²) in [6, 6.07) is 27.4. The van der Waals surface area contributed by atoms with Crippen molar-refractivity contribution in [3.8, 4) is 0 Å². The Labute approximate surface area is 424 Å². The molecule has 16 heteroatoms. The number of aliphatic hydroxyl groups excluding tert-OH is 2. The maximum atomic E-state index is 14.9. The van der Waals surface area contributed by atoms with E-state index < -0.39 is 107 Å². The number of rotatable bonds is 21. The van der Waals surface area contributed by atoms with Gasteiger partial charge in [0.2, 0.25) is 23.6 Å². The SMILES string of the molecule is CC(C)[C@@H](C(=O)N[C@H](Cc1ccccc1)[C@H](O)[C@@H](O)[C@@H](Cc1ccccc1)NC(=O)[C@H](C(C)C)N(C(=O)OC(C)(C)C)C(=O)[C@@H](N)Cc1ccccc1)N(C(=O)OC(C)(C)C)C(=O)[C@@H](N)Cc1ccccc1. The van der Waals surface area contributed by atoms with Crippen molar-refractivity contribution in [1.29, 1.82) is 0 Å². The van der Waals surface area contributed by atoms with E-state index in [9.17, 15) is 39.0 Å². The van der Waals surface area contributed by atoms with Gasteiger partial charge in [-0.25, -0.2) is 19.4 Å². The topological polar surface area (TPSA) is 244 Å². The minimum absolute atomic E-state index is 0.0450. The Balaban J connectivity index is 1.77. The summed E-state index contributed by atoms with van der Waals surface area (Å²) in [5.41, 5.74) is 13.6. The predicted octanol–water partition coefficient (Wildman–Crippen LogP) is 5.88. The van der Waals surface area contributed by atoms with E-state index in [-0.39, 0.29) is 25.7 Å². The number of amides is 6. The second-order valence-electron chi connectivity index (χ2n) is 20.9. The quantitative estimate of drug-likeness (QED) is 0.0574. The van der Waals surface area contributed by atoms with Crippen LogP contribution in [-0.2, 0) is 54.3 Å². The molecule has 4 aromatic rings. The number of carbonyl (C=O) groups is 6. The first-order valence-electron chi connectivity index (χ1n) is 24.5. The normalized spacial score (nSPS) is 15.2. The molecule has 0 fully saturated rings. The maximum Gasteiger partial charge on any atom is 0.417 e. The van der Waals surface area contributed by atoms with E-state index in [1.807, 2.05) is 12.1 Å². The summed E-state index contributed by atoms with van der Waals surface area (Å²) in [4.78, 5) is 88.1. The first kappa shape index (κ1) is 58.1. The summed E-state index contributed by atoms with van der Waals surface area (Å²) in [6.45, 7) is 16.3. The van der Waals surface area contributed by atoms with Crippen molar-refractivity contribution in [1.82, 2.24) is 20.4 Å². The van der Waals surface area contributed by atoms with Crippen LogP contribution in [0.3, 0.4) is 0 Å². The first-order chi connectivity index (χ1) is 33.8. The minimum atomic E-state index is -1.85. The zero-order chi connectivity index (χ0) is 53.5. The fraction of sp³-hybridized carbons (Fsp3) is 0.464. The molecule has 0 heterocycles. The predicted molar refractivity (Wildman–Crippen MR) is 276 cm³/mol. The van der Waals surface area contributed by atoms with Crippen molar-refractivity contribution in [3.63, 3.8) is 0 Å². The number of hydrogen-bond acceptors (Lipinski definition) is 12. The van der Waals surface area contributed by atoms with Crippen molar-refractivity contribution in [2.75, 3.05) is 0 Å². The zero-order valence-corrected chi connectivity index (χ0v) is 43.4. The number of hydrogen-bond donors (Lipinski definition) is 6. The van der Waals surface area contributed by atoms with Crippen LogP contribution < -0.4 is 22.1 Å². The highest BCUT2D eigenvalue weighted by molar-refractivity contribution is 6.01. The second-order valence-corrected chi connectivity index (χ2v) is 20.9. The van der Waals surface area contributed by atoms with Gasteiger partial charge in [0.25, 0.3) is 0 Å². The van der Waals surface area contributed by atoms with Crippen molar-refractivity contribution in [2.45, 2.75) is 155 Å². The van der Waals surface area contributed by atoms with Crippen molar-refractivity contribution >= 4 is 35.8 Å². The number of benzene rings is 4. The van der Waals surface area contributed by atoms with Crippen LogP contribution in [0.4, 0.5) is 9.59 Å². The summed E-state index contributed by atoms with van der Waals surface area (Å²) in [7, 11) is 0. The van der Waals surface area contributed by atoms with Gasteiger partial charge >= 0.3 is 12.2 Å². The van der Waals surface area contributed by atoms with Crippen LogP contribution in [0.1, 0.15) is 91.5 Å². The Morgan fingerprint density at radius 3 is 0.958 bits per heavy atom. The van der Waals surface area contributed by atoms with Gasteiger partial charge in [-0.05, 0) is 101 Å². The summed E-state index contributed by atoms with van der Waals surface area (Å²) >= 11 is 0. The zero-order valence-electron chi connectivity index (χ0n) is 43.4. The second kappa shape index (κ2) is 26.3. The molecule has 0 saturated carbocycles. The number of nitrogens with two attached hydrogens (primary N) is 2. The third-order valence-electron chi connectivity index (χ3n) is 11.7. The Hall–Kier alpha value is -6.46. The van der Waals surface area contributed by atoms with E-state index >= 15 is 0 Å². The molecule has 6 amide bonds. The van der Waals surface area contributed by atoms with Crippen molar-refractivity contribution in [2.24, 2.45) is 23.3 Å². The van der Waals surface area contributed by atoms with Gasteiger partial charge in [-0.3, -0.25) is 19.2 Å². The van der Waals surface area contributed by atoms with Gasteiger partial charge in [0.1, 0.15) is 35.5 Å². The van der Waals surface area contributed by atoms with Gasteiger partial charge in [0.15, 0.2) is 0 Å². The standard InChI is InChI=1S/C56H76N6O10/c1-35(2)45(61(53(69)71-55(5,6)7)51(67)41(57)31-37-23-15-11-16-24-37)49(65)59-43(33-39-27-19-13-20-28-39)47(63)48(64)44(34-40-29-21-14-22-30-40)60-50(66)46(36(3)4)62(54(70)72-56(8,9)10)52(68)42(58)32-38-25-17-12-18-26-38/h11-30,35-36,41-48,63-64H,31-34,57-58H2,1-10H3,(H,59,65)(H,60,66)/t41-,42-,43+,44+,45-,46-,47-,48-/m0/s1. The highest BCUT2D eigenvalue weighted by atomic mass is 16.6. The molecular weight excluding hydrogens is 917 g/mol. The average molecular weight is 993 g/mol. The lowest BCUT2D eigenvalue weighted by atomic mass is 9.90. The molecule has 8 atom stereocenters. The van der Waals surface area contributed by atoms with Crippen LogP contribution in [0, 0.1) is 11.8 Å². The van der Waals surface area contributed by atoms with E-state index in [1.165, 1.54) is 0 Å². The largest absolute Gasteiger partial charge is 0.443 e. The average Bonchev–Trinajstić information content (AvgIpc) is 3.30. The van der Waals surface area contributed by atoms with Gasteiger partial charge in [-0.1, -0.05) is 149 Å². The molecule has 0 aromatic heterocycles. The summed E-state index contributed by atoms with van der Waals surface area (Å²) in [6.07, 6.45) is -5.93. The third kappa shape index (κ3) is 17.4. The number of carbonyl (C=O) groups excluding carboxylic acids is 6. The lowest BCUT2D eigenvalue weighted by molar-refractivity contribution is -0.144. The van der Waals surface area contributed by atoms with Crippen molar-refractivity contribution in [3.05, 3.63) is 144 Å². The molecule has 4 aromatic carbocycles. The molecular formula is C56H76N6O10. The number of nitrogens with one attached hydrogen (secondary N) is 2. The van der Waals surface area contributed by atoms with Crippen LogP contribution in [0.2, 0.25) is 0 Å². The summed E-state index contributed by atoms with van der Waals surface area (Å²) in [5, 5.41) is 30.6. The molecule has 0 aliphatic rings. The van der Waals surface area contributed by atoms with E-state index in [2.05, 4.69) is 10.6 Å². The van der Waals surface area contributed by atoms with Gasteiger partial charge in [0, 0.05) is 0 Å². The molecule has 8 N–H and O–H groups in total. The number of aliphatic hydroxyl groups is 2. The molecule has 0 unspecified atom stereocenters. The van der Waals surface area contributed by atoms with Gasteiger partial charge in [0.05, 0.1) is 24.2 Å². The molecule has 0 saturated heterocycles. The Morgan fingerprint density at radius 2 is 0.722 bits per heavy atom. The van der Waals surface area contributed by atoms with E-state index in [1.54, 1.807) is 178 Å². The molecule has 0 aliphatic carbocycles. The highest BCUT2D eigenvalue weighted by Crippen LogP contribution is 2.24. The van der Waals surface area contributed by atoms with Crippen LogP contribution in [-0.4, -0.2) is 115 Å². The van der Waals surface area contributed by atoms with Gasteiger partial charge < -0.3 is 41.8 Å². The number of ether oxygens (including phenoxy) is 2. The van der Waals surface area contributed by atoms with Gasteiger partial charge in [-0.2, -0.15) is 0 Å². The van der Waals surface area contributed by atoms with E-state index in [0.29, 0.717) is 11.1 Å². The smallest absolute Gasteiger partial charge is 0.417 e. The first-order valence-corrected chi connectivity index (χ1v) is 24.5. The molecule has 0 aliphatic heterocycles. The molecule has 0 spiro atoms. The molecule has 0 bridgehead atoms. The van der Waals surface area contributed by atoms with Crippen molar-refractivity contribution < 1.29 is 48.5 Å². The lowest BCUT2D eigenvalue weighted by Gasteiger charge is -2.38. The Kier molecular flexibility index (Phi) is 21.2. The Morgan fingerprint density at radius 1 is 0.472 bits per heavy atom. The van der Waals surface area contributed by atoms with Crippen LogP contribution in [0.15, 0.2) is 121 Å². The maximum absolute atomic E-state index is 14.9. The number of imide groups is 2. The van der Waals surface area contributed by atoms with E-state index in [4.69, 9.17) is 20.9 Å². The van der Waals surface area contributed by atoms with E-state index in [0.717, 1.165) is 20.9 Å². The van der Waals surface area contributed by atoms with Crippen LogP contribution in [0.25, 0.3) is 0 Å². The highest BCUT2D eigenvalue weighted by Gasteiger charge is 2.45. The summed E-state index contributed by atoms with van der Waals surface area (Å²) < 4.78 is 11.4. The summed E-state index contributed by atoms with van der Waals surface area (Å²) in [5.74, 6) is -4.89. The molecule has 4 rings (SSSR count). The Bertz CT molecular complexity index is 2210. The van der Waals surface area contributed by atoms with Gasteiger partial charge in [-0.15, -0.1) is 0 Å². The molecule has 390 valence electrons. The monoisotopic (exact) mass is 993 g/mol. The van der Waals surface area contributed by atoms with Crippen LogP contribution in [0.5, 0.6) is 0 Å². The molecule has 72 heavy (non-hydrogen) atoms.